The fraction of sp³-hybridized carbons (Fsp3) is 1.00. The Morgan fingerprint density at radius 1 is 0.929 bits per heavy atom. The van der Waals surface area contributed by atoms with Crippen molar-refractivity contribution in [2.75, 3.05) is 6.61 Å². The molecule has 0 radical (unpaired) electrons. The van der Waals surface area contributed by atoms with Gasteiger partial charge in [0, 0.05) is 5.41 Å². The summed E-state index contributed by atoms with van der Waals surface area (Å²) in [5.74, 6) is 0. The Hall–Kier alpha value is -0.0800. The molecule has 2 nitrogen and oxygen atoms in total. The molecule has 0 aromatic carbocycles. The Bertz CT molecular complexity index is 218. The van der Waals surface area contributed by atoms with E-state index in [1.165, 1.54) is 0 Å². The minimum absolute atomic E-state index is 0.122. The highest BCUT2D eigenvalue weighted by molar-refractivity contribution is 5.10. The van der Waals surface area contributed by atoms with Crippen LogP contribution in [0.25, 0.3) is 0 Å². The SMILES string of the molecule is CC1(C)CCC(O)(C2(CO)CC2)CC1. The first kappa shape index (κ1) is 10.4. The van der Waals surface area contributed by atoms with Gasteiger partial charge in [-0.1, -0.05) is 13.8 Å². The van der Waals surface area contributed by atoms with Crippen LogP contribution in [0.4, 0.5) is 0 Å². The Balaban J connectivity index is 2.06. The summed E-state index contributed by atoms with van der Waals surface area (Å²) in [4.78, 5) is 0. The molecule has 0 spiro atoms. The van der Waals surface area contributed by atoms with Gasteiger partial charge in [0.15, 0.2) is 0 Å². The van der Waals surface area contributed by atoms with Crippen LogP contribution in [-0.4, -0.2) is 22.4 Å². The molecule has 2 N–H and O–H groups in total. The topological polar surface area (TPSA) is 40.5 Å². The Kier molecular flexibility index (Phi) is 2.20. The van der Waals surface area contributed by atoms with Gasteiger partial charge in [-0.3, -0.25) is 0 Å². The van der Waals surface area contributed by atoms with Crippen LogP contribution in [0.2, 0.25) is 0 Å². The van der Waals surface area contributed by atoms with E-state index in [1.807, 2.05) is 0 Å². The molecule has 0 aromatic rings. The second-order valence-electron chi connectivity index (χ2n) is 6.13. The molecule has 0 bridgehead atoms. The lowest BCUT2D eigenvalue weighted by Gasteiger charge is -2.44. The van der Waals surface area contributed by atoms with Crippen molar-refractivity contribution in [1.29, 1.82) is 0 Å². The van der Waals surface area contributed by atoms with Crippen molar-refractivity contribution >= 4 is 0 Å². The van der Waals surface area contributed by atoms with Gasteiger partial charge in [0.2, 0.25) is 0 Å². The number of rotatable bonds is 2. The fourth-order valence-corrected chi connectivity index (χ4v) is 2.79. The number of hydrogen-bond donors (Lipinski definition) is 2. The molecule has 14 heavy (non-hydrogen) atoms. The van der Waals surface area contributed by atoms with E-state index in [9.17, 15) is 10.2 Å². The van der Waals surface area contributed by atoms with Crippen LogP contribution < -0.4 is 0 Å². The quantitative estimate of drug-likeness (QED) is 0.713. The molecule has 2 aliphatic rings. The lowest BCUT2D eigenvalue weighted by Crippen LogP contribution is -2.46. The molecule has 0 aliphatic heterocycles. The summed E-state index contributed by atoms with van der Waals surface area (Å²) in [6, 6.07) is 0. The van der Waals surface area contributed by atoms with E-state index in [1.54, 1.807) is 0 Å². The normalized spacial score (nSPS) is 32.6. The summed E-state index contributed by atoms with van der Waals surface area (Å²) in [7, 11) is 0. The number of aliphatic hydroxyl groups is 2. The zero-order valence-corrected chi connectivity index (χ0v) is 9.34. The molecular formula is C12H22O2. The summed E-state index contributed by atoms with van der Waals surface area (Å²) in [5.41, 5.74) is -0.293. The molecule has 0 heterocycles. The maximum Gasteiger partial charge on any atom is 0.0726 e. The van der Waals surface area contributed by atoms with Crippen LogP contribution >= 0.6 is 0 Å². The van der Waals surface area contributed by atoms with Crippen molar-refractivity contribution < 1.29 is 10.2 Å². The first-order valence-corrected chi connectivity index (χ1v) is 5.76. The zero-order chi connectivity index (χ0) is 10.4. The van der Waals surface area contributed by atoms with Gasteiger partial charge in [-0.2, -0.15) is 0 Å². The number of aliphatic hydroxyl groups excluding tert-OH is 1. The van der Waals surface area contributed by atoms with Gasteiger partial charge in [-0.25, -0.2) is 0 Å². The highest BCUT2D eigenvalue weighted by Gasteiger charge is 2.59. The van der Waals surface area contributed by atoms with Gasteiger partial charge in [0.1, 0.15) is 0 Å². The molecule has 2 aliphatic carbocycles. The Labute approximate surface area is 86.3 Å². The van der Waals surface area contributed by atoms with Gasteiger partial charge in [0.25, 0.3) is 0 Å². The second-order valence-corrected chi connectivity index (χ2v) is 6.13. The summed E-state index contributed by atoms with van der Waals surface area (Å²) >= 11 is 0. The lowest BCUT2D eigenvalue weighted by atomic mass is 9.65. The average Bonchev–Trinajstić information content (AvgIpc) is 2.92. The average molecular weight is 198 g/mol. The zero-order valence-electron chi connectivity index (χ0n) is 9.34. The Morgan fingerprint density at radius 3 is 1.79 bits per heavy atom. The third-order valence-electron chi connectivity index (χ3n) is 4.57. The third-order valence-corrected chi connectivity index (χ3v) is 4.57. The fourth-order valence-electron chi connectivity index (χ4n) is 2.79. The van der Waals surface area contributed by atoms with Crippen molar-refractivity contribution in [3.05, 3.63) is 0 Å². The predicted molar refractivity (Wildman–Crippen MR) is 56.0 cm³/mol. The highest BCUT2D eigenvalue weighted by Crippen LogP contribution is 2.60. The molecular weight excluding hydrogens is 176 g/mol. The summed E-state index contributed by atoms with van der Waals surface area (Å²) in [6.07, 6.45) is 5.96. The van der Waals surface area contributed by atoms with Gasteiger partial charge >= 0.3 is 0 Å². The molecule has 2 rings (SSSR count). The highest BCUT2D eigenvalue weighted by atomic mass is 16.3. The minimum Gasteiger partial charge on any atom is -0.396 e. The van der Waals surface area contributed by atoms with E-state index in [0.717, 1.165) is 38.5 Å². The summed E-state index contributed by atoms with van der Waals surface area (Å²) < 4.78 is 0. The van der Waals surface area contributed by atoms with Crippen LogP contribution in [0.5, 0.6) is 0 Å². The van der Waals surface area contributed by atoms with Gasteiger partial charge in [-0.05, 0) is 43.9 Å². The lowest BCUT2D eigenvalue weighted by molar-refractivity contribution is -0.0986. The van der Waals surface area contributed by atoms with E-state index < -0.39 is 5.60 Å². The van der Waals surface area contributed by atoms with Crippen LogP contribution in [0.1, 0.15) is 52.4 Å². The minimum atomic E-state index is -0.558. The molecule has 2 saturated carbocycles. The maximum absolute atomic E-state index is 10.5. The van der Waals surface area contributed by atoms with Crippen LogP contribution in [-0.2, 0) is 0 Å². The van der Waals surface area contributed by atoms with Crippen molar-refractivity contribution in [2.24, 2.45) is 10.8 Å². The second kappa shape index (κ2) is 2.96. The van der Waals surface area contributed by atoms with Gasteiger partial charge in [-0.15, -0.1) is 0 Å². The largest absolute Gasteiger partial charge is 0.396 e. The molecule has 2 heteroatoms. The van der Waals surface area contributed by atoms with Crippen molar-refractivity contribution in [1.82, 2.24) is 0 Å². The van der Waals surface area contributed by atoms with Crippen LogP contribution in [0, 0.1) is 10.8 Å². The van der Waals surface area contributed by atoms with Crippen molar-refractivity contribution in [3.63, 3.8) is 0 Å². The standard InChI is InChI=1S/C12H22O2/c1-10(2)3-7-12(14,8-4-10)11(9-13)5-6-11/h13-14H,3-9H2,1-2H3. The van der Waals surface area contributed by atoms with E-state index >= 15 is 0 Å². The third kappa shape index (κ3) is 1.49. The van der Waals surface area contributed by atoms with E-state index in [-0.39, 0.29) is 12.0 Å². The van der Waals surface area contributed by atoms with E-state index in [2.05, 4.69) is 13.8 Å². The van der Waals surface area contributed by atoms with E-state index in [4.69, 9.17) is 0 Å². The maximum atomic E-state index is 10.5. The molecule has 0 unspecified atom stereocenters. The molecule has 0 atom stereocenters. The summed E-state index contributed by atoms with van der Waals surface area (Å²) in [5, 5.41) is 19.9. The van der Waals surface area contributed by atoms with Gasteiger partial charge in [0.05, 0.1) is 12.2 Å². The first-order chi connectivity index (χ1) is 6.43. The molecule has 82 valence electrons. The smallest absolute Gasteiger partial charge is 0.0726 e. The van der Waals surface area contributed by atoms with Crippen LogP contribution in [0.3, 0.4) is 0 Å². The van der Waals surface area contributed by atoms with E-state index in [0.29, 0.717) is 5.41 Å². The monoisotopic (exact) mass is 198 g/mol. The van der Waals surface area contributed by atoms with Crippen molar-refractivity contribution in [2.45, 2.75) is 58.0 Å². The van der Waals surface area contributed by atoms with Crippen LogP contribution in [0.15, 0.2) is 0 Å². The molecule has 0 saturated heterocycles. The molecule has 0 aromatic heterocycles. The Morgan fingerprint density at radius 2 is 1.43 bits per heavy atom. The first-order valence-electron chi connectivity index (χ1n) is 5.76. The number of hydrogen-bond acceptors (Lipinski definition) is 2. The predicted octanol–water partition coefficient (Wildman–Crippen LogP) is 2.09. The molecule has 2 fully saturated rings. The van der Waals surface area contributed by atoms with Gasteiger partial charge < -0.3 is 10.2 Å². The van der Waals surface area contributed by atoms with Crippen molar-refractivity contribution in [3.8, 4) is 0 Å². The summed E-state index contributed by atoms with van der Waals surface area (Å²) in [6.45, 7) is 4.71. The molecule has 0 amide bonds.